The molecule has 19 heavy (non-hydrogen) atoms. The molecule has 1 aliphatic rings. The van der Waals surface area contributed by atoms with Gasteiger partial charge in [-0.3, -0.25) is 0 Å². The monoisotopic (exact) mass is 257 g/mol. The lowest BCUT2D eigenvalue weighted by Crippen LogP contribution is -2.11. The molecular formula is C17H21O2. The molecule has 101 valence electrons. The van der Waals surface area contributed by atoms with Gasteiger partial charge in [0.25, 0.3) is 0 Å². The maximum Gasteiger partial charge on any atom is 0.338 e. The molecule has 1 fully saturated rings. The van der Waals surface area contributed by atoms with Gasteiger partial charge in [0.15, 0.2) is 0 Å². The summed E-state index contributed by atoms with van der Waals surface area (Å²) in [5.74, 6) is 1.46. The highest BCUT2D eigenvalue weighted by Gasteiger charge is 2.19. The summed E-state index contributed by atoms with van der Waals surface area (Å²) in [7, 11) is 0. The topological polar surface area (TPSA) is 26.3 Å². The summed E-state index contributed by atoms with van der Waals surface area (Å²) in [6.45, 7) is 9.34. The van der Waals surface area contributed by atoms with Gasteiger partial charge < -0.3 is 4.74 Å². The second-order valence-corrected chi connectivity index (χ2v) is 5.46. The molecule has 1 radical (unpaired) electrons. The molecule has 1 aromatic carbocycles. The van der Waals surface area contributed by atoms with E-state index in [-0.39, 0.29) is 5.97 Å². The number of rotatable bonds is 3. The summed E-state index contributed by atoms with van der Waals surface area (Å²) in [5, 5.41) is 0. The summed E-state index contributed by atoms with van der Waals surface area (Å²) in [5.41, 5.74) is 1.75. The molecule has 0 saturated heterocycles. The molecule has 0 amide bonds. The first-order valence-electron chi connectivity index (χ1n) is 6.87. The van der Waals surface area contributed by atoms with Crippen molar-refractivity contribution in [2.75, 3.05) is 0 Å². The van der Waals surface area contributed by atoms with E-state index < -0.39 is 0 Å². The molecule has 0 aromatic heterocycles. The van der Waals surface area contributed by atoms with Crippen LogP contribution in [0.25, 0.3) is 0 Å². The Bertz CT molecular complexity index is 451. The van der Waals surface area contributed by atoms with Gasteiger partial charge in [-0.15, -0.1) is 0 Å². The zero-order chi connectivity index (χ0) is 13.8. The minimum atomic E-state index is -0.370. The second kappa shape index (κ2) is 6.05. The van der Waals surface area contributed by atoms with Gasteiger partial charge in [0.1, 0.15) is 5.75 Å². The number of hydrogen-bond donors (Lipinski definition) is 0. The summed E-state index contributed by atoms with van der Waals surface area (Å²) in [4.78, 5) is 11.4. The largest absolute Gasteiger partial charge is 0.423 e. The molecule has 0 aliphatic heterocycles. The van der Waals surface area contributed by atoms with Crippen LogP contribution in [-0.4, -0.2) is 5.97 Å². The average molecular weight is 257 g/mol. The Morgan fingerprint density at radius 2 is 1.74 bits per heavy atom. The van der Waals surface area contributed by atoms with Crippen molar-refractivity contribution in [3.63, 3.8) is 0 Å². The van der Waals surface area contributed by atoms with Crippen molar-refractivity contribution < 1.29 is 9.53 Å². The summed E-state index contributed by atoms with van der Waals surface area (Å²) in [6, 6.07) is 7.86. The minimum absolute atomic E-state index is 0.370. The van der Waals surface area contributed by atoms with Gasteiger partial charge in [-0.2, -0.15) is 0 Å². The van der Waals surface area contributed by atoms with Crippen molar-refractivity contribution in [3.05, 3.63) is 48.9 Å². The summed E-state index contributed by atoms with van der Waals surface area (Å²) < 4.78 is 5.19. The van der Waals surface area contributed by atoms with Gasteiger partial charge in [-0.1, -0.05) is 25.6 Å². The van der Waals surface area contributed by atoms with Gasteiger partial charge in [0.05, 0.1) is 0 Å². The van der Waals surface area contributed by atoms with E-state index in [0.717, 1.165) is 0 Å². The Morgan fingerprint density at radius 1 is 1.16 bits per heavy atom. The van der Waals surface area contributed by atoms with Crippen molar-refractivity contribution in [1.29, 1.82) is 0 Å². The third-order valence-electron chi connectivity index (χ3n) is 3.76. The Balaban J connectivity index is 1.98. The van der Waals surface area contributed by atoms with E-state index >= 15 is 0 Å². The Labute approximate surface area is 115 Å². The van der Waals surface area contributed by atoms with Gasteiger partial charge in [0, 0.05) is 5.57 Å². The zero-order valence-corrected chi connectivity index (χ0v) is 11.5. The third-order valence-corrected chi connectivity index (χ3v) is 3.76. The first-order chi connectivity index (χ1) is 9.06. The third kappa shape index (κ3) is 3.69. The van der Waals surface area contributed by atoms with Crippen LogP contribution < -0.4 is 4.74 Å². The lowest BCUT2D eigenvalue weighted by atomic mass is 9.79. The van der Waals surface area contributed by atoms with E-state index in [4.69, 9.17) is 4.74 Å². The summed E-state index contributed by atoms with van der Waals surface area (Å²) >= 11 is 0. The predicted octanol–water partition coefficient (Wildman–Crippen LogP) is 4.28. The molecule has 1 aromatic rings. The fourth-order valence-corrected chi connectivity index (χ4v) is 2.50. The number of ether oxygens (including phenoxy) is 1. The van der Waals surface area contributed by atoms with Crippen LogP contribution in [0.3, 0.4) is 0 Å². The van der Waals surface area contributed by atoms with Gasteiger partial charge in [0.2, 0.25) is 0 Å². The van der Waals surface area contributed by atoms with Gasteiger partial charge in [-0.05, 0) is 62.1 Å². The summed E-state index contributed by atoms with van der Waals surface area (Å²) in [6.07, 6.45) is 4.83. The lowest BCUT2D eigenvalue weighted by molar-refractivity contribution is -0.130. The highest BCUT2D eigenvalue weighted by molar-refractivity contribution is 5.88. The van der Waals surface area contributed by atoms with E-state index in [0.29, 0.717) is 23.2 Å². The van der Waals surface area contributed by atoms with Crippen molar-refractivity contribution in [2.45, 2.75) is 38.5 Å². The standard InChI is InChI=1S/C17H21O2/c1-12(2)17(18)19-16-10-8-15(9-11-16)14-6-4-13(3)5-7-14/h8-11,13-14H,1,3-7H2,2H3. The fourth-order valence-electron chi connectivity index (χ4n) is 2.50. The van der Waals surface area contributed by atoms with Crippen molar-refractivity contribution in [2.24, 2.45) is 5.92 Å². The Kier molecular flexibility index (Phi) is 4.41. The molecule has 0 N–H and O–H groups in total. The van der Waals surface area contributed by atoms with Crippen LogP contribution in [0.4, 0.5) is 0 Å². The van der Waals surface area contributed by atoms with Crippen molar-refractivity contribution in [1.82, 2.24) is 0 Å². The van der Waals surface area contributed by atoms with Crippen LogP contribution in [0.1, 0.15) is 44.1 Å². The predicted molar refractivity (Wildman–Crippen MR) is 76.9 cm³/mol. The number of esters is 1. The Hall–Kier alpha value is -1.57. The second-order valence-electron chi connectivity index (χ2n) is 5.46. The molecule has 0 atom stereocenters. The molecule has 0 spiro atoms. The Morgan fingerprint density at radius 3 is 2.26 bits per heavy atom. The number of hydrogen-bond acceptors (Lipinski definition) is 2. The highest BCUT2D eigenvalue weighted by Crippen LogP contribution is 2.35. The number of carbonyl (C=O) groups excluding carboxylic acids is 1. The average Bonchev–Trinajstić information content (AvgIpc) is 2.40. The van der Waals surface area contributed by atoms with Gasteiger partial charge >= 0.3 is 5.97 Å². The molecule has 0 bridgehead atoms. The van der Waals surface area contributed by atoms with Gasteiger partial charge in [-0.25, -0.2) is 4.79 Å². The normalized spacial score (nSPS) is 22.8. The minimum Gasteiger partial charge on any atom is -0.423 e. The SMILES string of the molecule is [CH2]C1CCC(c2ccc(OC(=O)C(=C)C)cc2)CC1. The highest BCUT2D eigenvalue weighted by atomic mass is 16.5. The first kappa shape index (κ1) is 13.9. The molecule has 2 nitrogen and oxygen atoms in total. The van der Waals surface area contributed by atoms with Crippen LogP contribution in [0.2, 0.25) is 0 Å². The van der Waals surface area contributed by atoms with Crippen molar-refractivity contribution >= 4 is 5.97 Å². The van der Waals surface area contributed by atoms with Crippen molar-refractivity contribution in [3.8, 4) is 5.75 Å². The maximum atomic E-state index is 11.4. The van der Waals surface area contributed by atoms with E-state index in [1.54, 1.807) is 6.92 Å². The van der Waals surface area contributed by atoms with Crippen LogP contribution >= 0.6 is 0 Å². The molecular weight excluding hydrogens is 236 g/mol. The van der Waals surface area contributed by atoms with Crippen LogP contribution in [-0.2, 0) is 4.79 Å². The van der Waals surface area contributed by atoms with E-state index in [9.17, 15) is 4.79 Å². The molecule has 0 heterocycles. The molecule has 2 heteroatoms. The van der Waals surface area contributed by atoms with Crippen LogP contribution in [0.15, 0.2) is 36.4 Å². The number of benzene rings is 1. The molecule has 1 saturated carbocycles. The van der Waals surface area contributed by atoms with Crippen LogP contribution in [0.5, 0.6) is 5.75 Å². The lowest BCUT2D eigenvalue weighted by Gasteiger charge is -2.26. The van der Waals surface area contributed by atoms with E-state index in [2.05, 4.69) is 25.6 Å². The molecule has 2 rings (SSSR count). The first-order valence-corrected chi connectivity index (χ1v) is 6.87. The molecule has 0 unspecified atom stereocenters. The van der Waals surface area contributed by atoms with E-state index in [1.807, 2.05) is 12.1 Å². The number of carbonyl (C=O) groups is 1. The molecule has 1 aliphatic carbocycles. The maximum absolute atomic E-state index is 11.4. The van der Waals surface area contributed by atoms with Crippen LogP contribution in [0, 0.1) is 12.8 Å². The quantitative estimate of drug-likeness (QED) is 0.459. The van der Waals surface area contributed by atoms with E-state index in [1.165, 1.54) is 31.2 Å². The fraction of sp³-hybridized carbons (Fsp3) is 0.412. The zero-order valence-electron chi connectivity index (χ0n) is 11.5. The smallest absolute Gasteiger partial charge is 0.338 e.